The molecule has 0 fully saturated rings. The van der Waals surface area contributed by atoms with Crippen LogP contribution in [0.5, 0.6) is 0 Å². The highest BCUT2D eigenvalue weighted by atomic mass is 32.1. The van der Waals surface area contributed by atoms with Gasteiger partial charge in [0, 0.05) is 5.38 Å². The maximum Gasteiger partial charge on any atom is 0.348 e. The molecule has 1 heterocycles. The van der Waals surface area contributed by atoms with E-state index < -0.39 is 0 Å². The van der Waals surface area contributed by atoms with Crippen LogP contribution in [0.25, 0.3) is 0 Å². The molecular formula is C9H9NO2S. The lowest BCUT2D eigenvalue weighted by Gasteiger charge is -1.98. The van der Waals surface area contributed by atoms with Gasteiger partial charge in [0.1, 0.15) is 10.9 Å². The largest absolute Gasteiger partial charge is 0.465 e. The van der Waals surface area contributed by atoms with E-state index >= 15 is 0 Å². The lowest BCUT2D eigenvalue weighted by Crippen LogP contribution is -2.01. The highest BCUT2D eigenvalue weighted by molar-refractivity contribution is 7.12. The van der Waals surface area contributed by atoms with Crippen molar-refractivity contribution in [2.45, 2.75) is 13.3 Å². The molecule has 0 N–H and O–H groups in total. The van der Waals surface area contributed by atoms with Crippen LogP contribution in [0.3, 0.4) is 0 Å². The number of carbonyl (C=O) groups excluding carboxylic acids is 1. The number of nitrogens with zero attached hydrogens (tertiary/aromatic N) is 1. The van der Waals surface area contributed by atoms with Gasteiger partial charge in [-0.2, -0.15) is 5.26 Å². The molecule has 3 nitrogen and oxygen atoms in total. The standard InChI is InChI=1S/C9H9NO2S/c1-3-7-6(4-10)5-13-8(7)9(11)12-2/h5H,3H2,1-2H3. The molecule has 1 aromatic heterocycles. The van der Waals surface area contributed by atoms with Crippen molar-refractivity contribution in [3.05, 3.63) is 21.4 Å². The van der Waals surface area contributed by atoms with Gasteiger partial charge in [0.05, 0.1) is 12.7 Å². The highest BCUT2D eigenvalue weighted by Crippen LogP contribution is 2.23. The first kappa shape index (κ1) is 9.75. The quantitative estimate of drug-likeness (QED) is 0.678. The molecule has 0 aromatic carbocycles. The minimum absolute atomic E-state index is 0.358. The topological polar surface area (TPSA) is 50.1 Å². The number of ether oxygens (including phenoxy) is 1. The Morgan fingerprint density at radius 2 is 2.46 bits per heavy atom. The van der Waals surface area contributed by atoms with E-state index in [0.29, 0.717) is 16.9 Å². The molecular weight excluding hydrogens is 186 g/mol. The van der Waals surface area contributed by atoms with Crippen molar-refractivity contribution in [2.75, 3.05) is 7.11 Å². The third-order valence-electron chi connectivity index (χ3n) is 1.74. The number of hydrogen-bond acceptors (Lipinski definition) is 4. The zero-order valence-electron chi connectivity index (χ0n) is 7.46. The van der Waals surface area contributed by atoms with Crippen LogP contribution in [-0.4, -0.2) is 13.1 Å². The average molecular weight is 195 g/mol. The molecule has 0 saturated heterocycles. The Morgan fingerprint density at radius 3 is 2.92 bits per heavy atom. The second-order valence-corrected chi connectivity index (χ2v) is 3.29. The van der Waals surface area contributed by atoms with Crippen molar-refractivity contribution in [3.63, 3.8) is 0 Å². The molecule has 0 bridgehead atoms. The molecule has 0 aliphatic rings. The summed E-state index contributed by atoms with van der Waals surface area (Å²) in [5.41, 5.74) is 1.37. The molecule has 0 atom stereocenters. The van der Waals surface area contributed by atoms with Crippen LogP contribution in [0.2, 0.25) is 0 Å². The summed E-state index contributed by atoms with van der Waals surface area (Å²) in [7, 11) is 1.34. The fourth-order valence-electron chi connectivity index (χ4n) is 1.09. The molecule has 0 spiro atoms. The molecule has 1 aromatic rings. The minimum atomic E-state index is -0.358. The summed E-state index contributed by atoms with van der Waals surface area (Å²) < 4.78 is 4.60. The van der Waals surface area contributed by atoms with Crippen LogP contribution in [-0.2, 0) is 11.2 Å². The van der Waals surface area contributed by atoms with Crippen LogP contribution in [0.15, 0.2) is 5.38 Å². The van der Waals surface area contributed by atoms with E-state index in [1.807, 2.05) is 13.0 Å². The predicted octanol–water partition coefficient (Wildman–Crippen LogP) is 1.97. The summed E-state index contributed by atoms with van der Waals surface area (Å²) in [5.74, 6) is -0.358. The first-order chi connectivity index (χ1) is 6.24. The summed E-state index contributed by atoms with van der Waals surface area (Å²) in [4.78, 5) is 11.7. The number of thiophene rings is 1. The van der Waals surface area contributed by atoms with Gasteiger partial charge in [-0.1, -0.05) is 6.92 Å². The predicted molar refractivity (Wildman–Crippen MR) is 49.8 cm³/mol. The van der Waals surface area contributed by atoms with E-state index in [2.05, 4.69) is 4.74 Å². The van der Waals surface area contributed by atoms with Crippen LogP contribution in [0.1, 0.15) is 27.7 Å². The summed E-state index contributed by atoms with van der Waals surface area (Å²) in [6.07, 6.45) is 0.677. The van der Waals surface area contributed by atoms with Gasteiger partial charge in [-0.25, -0.2) is 4.79 Å². The molecule has 0 saturated carbocycles. The van der Waals surface area contributed by atoms with Crippen molar-refractivity contribution in [3.8, 4) is 6.07 Å². The number of hydrogen-bond donors (Lipinski definition) is 0. The van der Waals surface area contributed by atoms with Gasteiger partial charge in [-0.3, -0.25) is 0 Å². The van der Waals surface area contributed by atoms with Gasteiger partial charge in [0.15, 0.2) is 0 Å². The van der Waals surface area contributed by atoms with Gasteiger partial charge >= 0.3 is 5.97 Å². The Bertz CT molecular complexity index is 362. The third-order valence-corrected chi connectivity index (χ3v) is 2.74. The third kappa shape index (κ3) is 1.70. The van der Waals surface area contributed by atoms with Crippen LogP contribution < -0.4 is 0 Å². The molecule has 0 aliphatic heterocycles. The molecule has 4 heteroatoms. The zero-order valence-corrected chi connectivity index (χ0v) is 8.27. The van der Waals surface area contributed by atoms with Gasteiger partial charge in [0.2, 0.25) is 0 Å². The molecule has 13 heavy (non-hydrogen) atoms. The van der Waals surface area contributed by atoms with E-state index in [4.69, 9.17) is 5.26 Å². The van der Waals surface area contributed by atoms with Gasteiger partial charge in [0.25, 0.3) is 0 Å². The monoisotopic (exact) mass is 195 g/mol. The Hall–Kier alpha value is -1.34. The Labute approximate surface area is 80.6 Å². The van der Waals surface area contributed by atoms with Gasteiger partial charge < -0.3 is 4.74 Å². The molecule has 1 rings (SSSR count). The smallest absolute Gasteiger partial charge is 0.348 e. The van der Waals surface area contributed by atoms with Gasteiger partial charge in [-0.15, -0.1) is 11.3 Å². The maximum atomic E-state index is 11.2. The Morgan fingerprint density at radius 1 is 1.77 bits per heavy atom. The van der Waals surface area contributed by atoms with Crippen molar-refractivity contribution in [2.24, 2.45) is 0 Å². The number of nitriles is 1. The SMILES string of the molecule is CCc1c(C#N)csc1C(=O)OC. The summed E-state index contributed by atoms with van der Waals surface area (Å²) in [6.45, 7) is 1.91. The fourth-order valence-corrected chi connectivity index (χ4v) is 2.10. The number of methoxy groups -OCH3 is 1. The Balaban J connectivity index is 3.17. The number of carbonyl (C=O) groups is 1. The van der Waals surface area contributed by atoms with Crippen molar-refractivity contribution < 1.29 is 9.53 Å². The van der Waals surface area contributed by atoms with E-state index in [9.17, 15) is 4.79 Å². The first-order valence-corrected chi connectivity index (χ1v) is 4.71. The lowest BCUT2D eigenvalue weighted by atomic mass is 10.1. The summed E-state index contributed by atoms with van der Waals surface area (Å²) in [6, 6.07) is 2.05. The molecule has 0 aliphatic carbocycles. The maximum absolute atomic E-state index is 11.2. The average Bonchev–Trinajstić information content (AvgIpc) is 2.58. The van der Waals surface area contributed by atoms with Gasteiger partial charge in [-0.05, 0) is 12.0 Å². The molecule has 0 amide bonds. The van der Waals surface area contributed by atoms with E-state index in [0.717, 1.165) is 5.56 Å². The second-order valence-electron chi connectivity index (χ2n) is 2.41. The fraction of sp³-hybridized carbons (Fsp3) is 0.333. The van der Waals surface area contributed by atoms with E-state index in [1.165, 1.54) is 18.4 Å². The molecule has 0 unspecified atom stereocenters. The Kier molecular flexibility index (Phi) is 3.04. The second kappa shape index (κ2) is 4.06. The molecule has 68 valence electrons. The van der Waals surface area contributed by atoms with Crippen LogP contribution in [0.4, 0.5) is 0 Å². The first-order valence-electron chi connectivity index (χ1n) is 3.83. The van der Waals surface area contributed by atoms with Crippen molar-refractivity contribution in [1.82, 2.24) is 0 Å². The number of esters is 1. The van der Waals surface area contributed by atoms with Crippen LogP contribution >= 0.6 is 11.3 Å². The van der Waals surface area contributed by atoms with E-state index in [1.54, 1.807) is 5.38 Å². The summed E-state index contributed by atoms with van der Waals surface area (Å²) in [5, 5.41) is 10.4. The minimum Gasteiger partial charge on any atom is -0.465 e. The summed E-state index contributed by atoms with van der Waals surface area (Å²) >= 11 is 1.26. The lowest BCUT2D eigenvalue weighted by molar-refractivity contribution is 0.0605. The van der Waals surface area contributed by atoms with Crippen LogP contribution in [0, 0.1) is 11.3 Å². The normalized spacial score (nSPS) is 9.31. The van der Waals surface area contributed by atoms with Crippen molar-refractivity contribution in [1.29, 1.82) is 5.26 Å². The van der Waals surface area contributed by atoms with E-state index in [-0.39, 0.29) is 5.97 Å². The number of rotatable bonds is 2. The highest BCUT2D eigenvalue weighted by Gasteiger charge is 2.16. The molecule has 0 radical (unpaired) electrons. The van der Waals surface area contributed by atoms with Crippen molar-refractivity contribution >= 4 is 17.3 Å². The zero-order chi connectivity index (χ0) is 9.84.